The molecule has 0 spiro atoms. The van der Waals surface area contributed by atoms with E-state index in [9.17, 15) is 9.90 Å². The summed E-state index contributed by atoms with van der Waals surface area (Å²) in [5.74, 6) is -1.12. The molecule has 0 bridgehead atoms. The van der Waals surface area contributed by atoms with Crippen LogP contribution in [0.4, 0.5) is 0 Å². The van der Waals surface area contributed by atoms with Crippen molar-refractivity contribution >= 4 is 55.8 Å². The van der Waals surface area contributed by atoms with Gasteiger partial charge in [-0.1, -0.05) is 18.2 Å². The quantitative estimate of drug-likeness (QED) is 0.646. The fourth-order valence-electron chi connectivity index (χ4n) is 3.28. The van der Waals surface area contributed by atoms with E-state index in [-0.39, 0.29) is 0 Å². The summed E-state index contributed by atoms with van der Waals surface area (Å²) in [7, 11) is 0. The van der Waals surface area contributed by atoms with E-state index < -0.39 is 5.97 Å². The maximum absolute atomic E-state index is 11.8. The summed E-state index contributed by atoms with van der Waals surface area (Å²) in [6.07, 6.45) is 4.67. The van der Waals surface area contributed by atoms with E-state index in [2.05, 4.69) is 28.1 Å². The molecule has 3 nitrogen and oxygen atoms in total. The lowest BCUT2D eigenvalue weighted by Crippen LogP contribution is -2.26. The van der Waals surface area contributed by atoms with Crippen molar-refractivity contribution in [1.29, 1.82) is 0 Å². The number of carboxylic acid groups (broad SMARTS) is 1. The number of rotatable bonds is 2. The van der Waals surface area contributed by atoms with Crippen molar-refractivity contribution < 1.29 is 9.90 Å². The molecule has 0 amide bonds. The lowest BCUT2D eigenvalue weighted by molar-refractivity contribution is -0.254. The van der Waals surface area contributed by atoms with Crippen molar-refractivity contribution in [3.63, 3.8) is 0 Å². The zero-order valence-corrected chi connectivity index (χ0v) is 15.1. The number of para-hydroxylation sites is 1. The summed E-state index contributed by atoms with van der Waals surface area (Å²) in [5.41, 5.74) is 3.72. The van der Waals surface area contributed by atoms with Crippen molar-refractivity contribution in [3.05, 3.63) is 61.9 Å². The zero-order valence-electron chi connectivity index (χ0n) is 12.7. The van der Waals surface area contributed by atoms with Crippen molar-refractivity contribution in [1.82, 2.24) is 4.98 Å². The smallest absolute Gasteiger partial charge is 0.0725 e. The number of benzene rings is 1. The fraction of sp³-hybridized carbons (Fsp3) is 0.158. The number of allylic oxidation sites excluding steroid dienone is 1. The first-order valence-corrected chi connectivity index (χ1v) is 9.38. The Bertz CT molecular complexity index is 990. The van der Waals surface area contributed by atoms with E-state index in [1.165, 1.54) is 0 Å². The second-order valence-corrected chi connectivity index (χ2v) is 7.67. The SMILES string of the molecule is O=C([O-])c1c2c(nc3ccccc13)/C(=C\c1cc(Br)cs1)CCC2. The first kappa shape index (κ1) is 15.5. The highest BCUT2D eigenvalue weighted by atomic mass is 79.9. The number of halogens is 1. The molecule has 0 atom stereocenters. The molecule has 1 aromatic carbocycles. The van der Waals surface area contributed by atoms with Crippen molar-refractivity contribution in [2.45, 2.75) is 19.3 Å². The third kappa shape index (κ3) is 2.68. The molecule has 4 rings (SSSR count). The highest BCUT2D eigenvalue weighted by Gasteiger charge is 2.22. The summed E-state index contributed by atoms with van der Waals surface area (Å²) in [6.45, 7) is 0. The number of hydrogen-bond donors (Lipinski definition) is 0. The largest absolute Gasteiger partial charge is 0.545 e. The standard InChI is InChI=1S/C19H14BrNO2S/c20-12-9-13(24-10-12)8-11-4-3-6-15-17(19(22)23)14-5-1-2-7-16(14)21-18(11)15/h1-2,5,7-10H,3-4,6H2,(H,22,23)/p-1/b11-8-. The van der Waals surface area contributed by atoms with Crippen LogP contribution in [-0.4, -0.2) is 11.0 Å². The molecule has 0 radical (unpaired) electrons. The normalized spacial score (nSPS) is 15.6. The van der Waals surface area contributed by atoms with Crippen LogP contribution in [0.3, 0.4) is 0 Å². The molecule has 0 fully saturated rings. The Kier molecular flexibility index (Phi) is 3.98. The maximum atomic E-state index is 11.8. The van der Waals surface area contributed by atoms with Gasteiger partial charge in [0.05, 0.1) is 17.2 Å². The molecule has 5 heteroatoms. The molecule has 1 aliphatic rings. The second kappa shape index (κ2) is 6.15. The van der Waals surface area contributed by atoms with Crippen LogP contribution in [0.5, 0.6) is 0 Å². The lowest BCUT2D eigenvalue weighted by Gasteiger charge is -2.23. The Morgan fingerprint density at radius 1 is 1.29 bits per heavy atom. The summed E-state index contributed by atoms with van der Waals surface area (Å²) < 4.78 is 1.05. The van der Waals surface area contributed by atoms with E-state index in [0.29, 0.717) is 16.5 Å². The summed E-state index contributed by atoms with van der Waals surface area (Å²) in [6, 6.07) is 9.44. The van der Waals surface area contributed by atoms with Gasteiger partial charge in [0, 0.05) is 25.7 Å². The number of carbonyl (C=O) groups excluding carboxylic acids is 1. The molecule has 3 aromatic rings. The molecule has 2 aromatic heterocycles. The maximum Gasteiger partial charge on any atom is 0.0725 e. The number of pyridine rings is 1. The van der Waals surface area contributed by atoms with Crippen LogP contribution < -0.4 is 5.11 Å². The summed E-state index contributed by atoms with van der Waals surface area (Å²) >= 11 is 5.12. The van der Waals surface area contributed by atoms with E-state index in [0.717, 1.165) is 45.4 Å². The van der Waals surface area contributed by atoms with Gasteiger partial charge in [0.15, 0.2) is 0 Å². The number of aromatic carboxylic acids is 1. The van der Waals surface area contributed by atoms with E-state index in [1.54, 1.807) is 11.3 Å². The van der Waals surface area contributed by atoms with Crippen LogP contribution in [0.15, 0.2) is 40.2 Å². The molecule has 0 saturated heterocycles. The van der Waals surface area contributed by atoms with Crippen LogP contribution in [0.2, 0.25) is 0 Å². The fourth-order valence-corrected chi connectivity index (χ4v) is 4.68. The molecular formula is C19H13BrNO2S-. The Balaban J connectivity index is 1.98. The van der Waals surface area contributed by atoms with Gasteiger partial charge in [0.2, 0.25) is 0 Å². The number of carbonyl (C=O) groups is 1. The predicted octanol–water partition coefficient (Wildman–Crippen LogP) is 4.30. The van der Waals surface area contributed by atoms with Gasteiger partial charge in [-0.25, -0.2) is 4.98 Å². The number of hydrogen-bond acceptors (Lipinski definition) is 4. The van der Waals surface area contributed by atoms with Crippen LogP contribution in [-0.2, 0) is 6.42 Å². The Morgan fingerprint density at radius 2 is 2.12 bits per heavy atom. The van der Waals surface area contributed by atoms with Gasteiger partial charge in [-0.3, -0.25) is 0 Å². The third-order valence-corrected chi connectivity index (χ3v) is 5.92. The molecule has 0 unspecified atom stereocenters. The predicted molar refractivity (Wildman–Crippen MR) is 98.9 cm³/mol. The molecule has 0 aliphatic heterocycles. The first-order valence-electron chi connectivity index (χ1n) is 7.71. The topological polar surface area (TPSA) is 53.0 Å². The van der Waals surface area contributed by atoms with Gasteiger partial charge in [0.1, 0.15) is 0 Å². The van der Waals surface area contributed by atoms with Gasteiger partial charge < -0.3 is 9.90 Å². The third-order valence-electron chi connectivity index (χ3n) is 4.28. The van der Waals surface area contributed by atoms with E-state index in [1.807, 2.05) is 29.6 Å². The van der Waals surface area contributed by atoms with Crippen LogP contribution >= 0.6 is 27.3 Å². The molecule has 120 valence electrons. The molecule has 0 saturated carbocycles. The van der Waals surface area contributed by atoms with Gasteiger partial charge in [0.25, 0.3) is 0 Å². The Morgan fingerprint density at radius 3 is 2.88 bits per heavy atom. The van der Waals surface area contributed by atoms with Crippen LogP contribution in [0, 0.1) is 0 Å². The van der Waals surface area contributed by atoms with Gasteiger partial charge in [-0.2, -0.15) is 0 Å². The monoisotopic (exact) mass is 398 g/mol. The zero-order chi connectivity index (χ0) is 16.7. The molecule has 2 heterocycles. The van der Waals surface area contributed by atoms with Crippen LogP contribution in [0.1, 0.15) is 39.3 Å². The lowest BCUT2D eigenvalue weighted by atomic mass is 9.86. The van der Waals surface area contributed by atoms with Crippen LogP contribution in [0.25, 0.3) is 22.6 Å². The minimum atomic E-state index is -1.12. The molecule has 1 aliphatic carbocycles. The minimum Gasteiger partial charge on any atom is -0.545 e. The van der Waals surface area contributed by atoms with E-state index in [4.69, 9.17) is 4.98 Å². The van der Waals surface area contributed by atoms with Crippen molar-refractivity contribution in [3.8, 4) is 0 Å². The Labute approximate surface area is 151 Å². The summed E-state index contributed by atoms with van der Waals surface area (Å²) in [4.78, 5) is 17.7. The number of aromatic nitrogens is 1. The highest BCUT2D eigenvalue weighted by Crippen LogP contribution is 2.36. The average molecular weight is 399 g/mol. The second-order valence-electron chi connectivity index (χ2n) is 5.81. The highest BCUT2D eigenvalue weighted by molar-refractivity contribution is 9.10. The van der Waals surface area contributed by atoms with Crippen molar-refractivity contribution in [2.75, 3.05) is 0 Å². The van der Waals surface area contributed by atoms with E-state index >= 15 is 0 Å². The summed E-state index contributed by atoms with van der Waals surface area (Å²) in [5, 5.41) is 14.5. The van der Waals surface area contributed by atoms with Gasteiger partial charge >= 0.3 is 0 Å². The number of fused-ring (bicyclic) bond motifs is 2. The Hall–Kier alpha value is -1.98. The minimum absolute atomic E-state index is 0.300. The van der Waals surface area contributed by atoms with Gasteiger partial charge in [-0.15, -0.1) is 11.3 Å². The number of nitrogens with zero attached hydrogens (tertiary/aromatic N) is 1. The number of carboxylic acids is 1. The average Bonchev–Trinajstić information content (AvgIpc) is 2.98. The first-order chi connectivity index (χ1) is 11.6. The van der Waals surface area contributed by atoms with Gasteiger partial charge in [-0.05, 0) is 64.5 Å². The van der Waals surface area contributed by atoms with Crippen molar-refractivity contribution in [2.24, 2.45) is 0 Å². The number of thiophene rings is 1. The molecule has 24 heavy (non-hydrogen) atoms. The molecular weight excluding hydrogens is 386 g/mol. The molecule has 0 N–H and O–H groups in total.